The van der Waals surface area contributed by atoms with Crippen molar-refractivity contribution in [2.24, 2.45) is 0 Å². The maximum Gasteiger partial charge on any atom is 0.270 e. The molecule has 0 radical (unpaired) electrons. The smallest absolute Gasteiger partial charge is 0.270 e. The number of pyridine rings is 1. The Balaban J connectivity index is 1.37. The minimum atomic E-state index is -0.182. The maximum absolute atomic E-state index is 12.4. The van der Waals surface area contributed by atoms with Crippen molar-refractivity contribution >= 4 is 23.0 Å². The maximum atomic E-state index is 12.4. The Hall–Kier alpha value is -3.34. The molecule has 1 aliphatic rings. The van der Waals surface area contributed by atoms with Gasteiger partial charge in [0.05, 0.1) is 0 Å². The van der Waals surface area contributed by atoms with Crippen molar-refractivity contribution in [2.45, 2.75) is 25.8 Å². The predicted molar refractivity (Wildman–Crippen MR) is 118 cm³/mol. The first-order valence-corrected chi connectivity index (χ1v) is 10.2. The second-order valence-electron chi connectivity index (χ2n) is 7.32. The normalized spacial score (nSPS) is 13.7. The molecule has 2 aromatic carbocycles. The van der Waals surface area contributed by atoms with Crippen molar-refractivity contribution in [3.63, 3.8) is 0 Å². The van der Waals surface area contributed by atoms with E-state index in [0.29, 0.717) is 12.2 Å². The zero-order valence-corrected chi connectivity index (χ0v) is 16.5. The number of piperidine rings is 1. The monoisotopic (exact) mass is 386 g/mol. The SMILES string of the molecule is O=C(NCc1ccccc1)c1cc(Nc2ccc(N3CCCCC3)cc2)ccn1. The molecule has 3 aromatic rings. The van der Waals surface area contributed by atoms with Crippen LogP contribution in [-0.4, -0.2) is 24.0 Å². The van der Waals surface area contributed by atoms with Crippen LogP contribution in [0.1, 0.15) is 35.3 Å². The molecule has 2 N–H and O–H groups in total. The average Bonchev–Trinajstić information content (AvgIpc) is 2.79. The molecule has 0 atom stereocenters. The summed E-state index contributed by atoms with van der Waals surface area (Å²) in [5.74, 6) is -0.182. The second kappa shape index (κ2) is 9.24. The van der Waals surface area contributed by atoms with Crippen LogP contribution in [0.15, 0.2) is 72.9 Å². The Morgan fingerprint density at radius 3 is 2.41 bits per heavy atom. The first kappa shape index (κ1) is 19.0. The van der Waals surface area contributed by atoms with Crippen LogP contribution in [0.2, 0.25) is 0 Å². The van der Waals surface area contributed by atoms with Crippen molar-refractivity contribution in [2.75, 3.05) is 23.3 Å². The summed E-state index contributed by atoms with van der Waals surface area (Å²) in [5, 5.41) is 6.28. The molecule has 5 heteroatoms. The summed E-state index contributed by atoms with van der Waals surface area (Å²) >= 11 is 0. The van der Waals surface area contributed by atoms with E-state index in [0.717, 1.165) is 30.0 Å². The third-order valence-electron chi connectivity index (χ3n) is 5.17. The van der Waals surface area contributed by atoms with Gasteiger partial charge in [0.2, 0.25) is 0 Å². The van der Waals surface area contributed by atoms with Gasteiger partial charge in [0, 0.05) is 42.9 Å². The zero-order chi connectivity index (χ0) is 19.9. The molecule has 1 fully saturated rings. The van der Waals surface area contributed by atoms with Crippen molar-refractivity contribution in [3.05, 3.63) is 84.2 Å². The van der Waals surface area contributed by atoms with Gasteiger partial charge in [-0.25, -0.2) is 0 Å². The molecule has 0 aliphatic carbocycles. The van der Waals surface area contributed by atoms with Crippen molar-refractivity contribution in [3.8, 4) is 0 Å². The lowest BCUT2D eigenvalue weighted by Gasteiger charge is -2.28. The van der Waals surface area contributed by atoms with Crippen molar-refractivity contribution in [1.82, 2.24) is 10.3 Å². The molecular weight excluding hydrogens is 360 g/mol. The summed E-state index contributed by atoms with van der Waals surface area (Å²) in [7, 11) is 0. The number of hydrogen-bond acceptors (Lipinski definition) is 4. The van der Waals surface area contributed by atoms with Crippen LogP contribution in [0.3, 0.4) is 0 Å². The fourth-order valence-electron chi connectivity index (χ4n) is 3.58. The highest BCUT2D eigenvalue weighted by atomic mass is 16.1. The van der Waals surface area contributed by atoms with Gasteiger partial charge >= 0.3 is 0 Å². The molecule has 0 unspecified atom stereocenters. The van der Waals surface area contributed by atoms with E-state index in [-0.39, 0.29) is 5.91 Å². The summed E-state index contributed by atoms with van der Waals surface area (Å²) in [4.78, 5) is 19.1. The Morgan fingerprint density at radius 1 is 0.897 bits per heavy atom. The number of carbonyl (C=O) groups is 1. The fourth-order valence-corrected chi connectivity index (χ4v) is 3.58. The Kier molecular flexibility index (Phi) is 6.05. The lowest BCUT2D eigenvalue weighted by atomic mass is 10.1. The largest absolute Gasteiger partial charge is 0.372 e. The first-order chi connectivity index (χ1) is 14.3. The summed E-state index contributed by atoms with van der Waals surface area (Å²) in [5.41, 5.74) is 4.56. The summed E-state index contributed by atoms with van der Waals surface area (Å²) in [6.07, 6.45) is 5.53. The van der Waals surface area contributed by atoms with Gasteiger partial charge in [-0.3, -0.25) is 9.78 Å². The van der Waals surface area contributed by atoms with Crippen LogP contribution in [0.5, 0.6) is 0 Å². The summed E-state index contributed by atoms with van der Waals surface area (Å²) < 4.78 is 0. The molecule has 0 spiro atoms. The number of nitrogens with zero attached hydrogens (tertiary/aromatic N) is 2. The van der Waals surface area contributed by atoms with Gasteiger partial charge in [-0.2, -0.15) is 0 Å². The number of anilines is 3. The number of carbonyl (C=O) groups excluding carboxylic acids is 1. The molecule has 0 bridgehead atoms. The van der Waals surface area contributed by atoms with Crippen LogP contribution in [-0.2, 0) is 6.54 Å². The van der Waals surface area contributed by atoms with E-state index < -0.39 is 0 Å². The minimum absolute atomic E-state index is 0.182. The summed E-state index contributed by atoms with van der Waals surface area (Å²) in [6, 6.07) is 22.0. The van der Waals surface area contributed by atoms with Gasteiger partial charge in [0.25, 0.3) is 5.91 Å². The molecule has 2 heterocycles. The highest BCUT2D eigenvalue weighted by molar-refractivity contribution is 5.93. The van der Waals surface area contributed by atoms with Crippen molar-refractivity contribution in [1.29, 1.82) is 0 Å². The highest BCUT2D eigenvalue weighted by Gasteiger charge is 2.11. The van der Waals surface area contributed by atoms with Crippen LogP contribution in [0.25, 0.3) is 0 Å². The Bertz CT molecular complexity index is 935. The molecule has 148 valence electrons. The van der Waals surface area contributed by atoms with Crippen molar-refractivity contribution < 1.29 is 4.79 Å². The van der Waals surface area contributed by atoms with E-state index in [4.69, 9.17) is 0 Å². The molecule has 4 rings (SSSR count). The lowest BCUT2D eigenvalue weighted by molar-refractivity contribution is 0.0946. The first-order valence-electron chi connectivity index (χ1n) is 10.2. The van der Waals surface area contributed by atoms with Gasteiger partial charge in [0.1, 0.15) is 5.69 Å². The molecule has 1 saturated heterocycles. The van der Waals surface area contributed by atoms with E-state index in [2.05, 4.69) is 44.8 Å². The number of nitrogens with one attached hydrogen (secondary N) is 2. The van der Waals surface area contributed by atoms with E-state index in [9.17, 15) is 4.79 Å². The molecule has 1 aromatic heterocycles. The number of hydrogen-bond donors (Lipinski definition) is 2. The van der Waals surface area contributed by atoms with E-state index in [1.807, 2.05) is 36.4 Å². The van der Waals surface area contributed by atoms with E-state index >= 15 is 0 Å². The topological polar surface area (TPSA) is 57.3 Å². The molecule has 29 heavy (non-hydrogen) atoms. The molecule has 1 amide bonds. The third-order valence-corrected chi connectivity index (χ3v) is 5.17. The van der Waals surface area contributed by atoms with E-state index in [1.165, 1.54) is 24.9 Å². The van der Waals surface area contributed by atoms with Gasteiger partial charge < -0.3 is 15.5 Å². The third kappa shape index (κ3) is 5.13. The number of rotatable bonds is 6. The average molecular weight is 386 g/mol. The minimum Gasteiger partial charge on any atom is -0.372 e. The van der Waals surface area contributed by atoms with Gasteiger partial charge in [-0.05, 0) is 61.2 Å². The Morgan fingerprint density at radius 2 is 1.66 bits per heavy atom. The van der Waals surface area contributed by atoms with Crippen LogP contribution in [0, 0.1) is 0 Å². The predicted octanol–water partition coefficient (Wildman–Crippen LogP) is 4.75. The number of benzene rings is 2. The molecule has 1 aliphatic heterocycles. The number of aromatic nitrogens is 1. The highest BCUT2D eigenvalue weighted by Crippen LogP contribution is 2.23. The number of amides is 1. The second-order valence-corrected chi connectivity index (χ2v) is 7.32. The van der Waals surface area contributed by atoms with Crippen LogP contribution in [0.4, 0.5) is 17.1 Å². The van der Waals surface area contributed by atoms with E-state index in [1.54, 1.807) is 12.3 Å². The summed E-state index contributed by atoms with van der Waals surface area (Å²) in [6.45, 7) is 2.76. The molecular formula is C24H26N4O. The zero-order valence-electron chi connectivity index (χ0n) is 16.5. The lowest BCUT2D eigenvalue weighted by Crippen LogP contribution is -2.29. The Labute approximate surface area is 171 Å². The van der Waals surface area contributed by atoms with Gasteiger partial charge in [-0.15, -0.1) is 0 Å². The van der Waals surface area contributed by atoms with Gasteiger partial charge in [0.15, 0.2) is 0 Å². The van der Waals surface area contributed by atoms with Crippen LogP contribution >= 0.6 is 0 Å². The fraction of sp³-hybridized carbons (Fsp3) is 0.250. The van der Waals surface area contributed by atoms with Gasteiger partial charge in [-0.1, -0.05) is 30.3 Å². The molecule has 0 saturated carbocycles. The van der Waals surface area contributed by atoms with Crippen LogP contribution < -0.4 is 15.5 Å². The standard InChI is InChI=1S/C24H26N4O/c29-24(26-18-19-7-3-1-4-8-19)23-17-21(13-14-25-23)27-20-9-11-22(12-10-20)28-15-5-2-6-16-28/h1,3-4,7-14,17H,2,5-6,15-16,18H2,(H,25,27)(H,26,29). The quantitative estimate of drug-likeness (QED) is 0.642. The molecule has 5 nitrogen and oxygen atoms in total.